The van der Waals surface area contributed by atoms with Gasteiger partial charge in [-0.3, -0.25) is 9.59 Å². The summed E-state index contributed by atoms with van der Waals surface area (Å²) in [4.78, 5) is 22.8. The Balaban J connectivity index is 2.19. The van der Waals surface area contributed by atoms with Crippen LogP contribution < -0.4 is 10.6 Å². The molecule has 0 aromatic heterocycles. The van der Waals surface area contributed by atoms with Gasteiger partial charge in [0.15, 0.2) is 0 Å². The molecule has 2 unspecified atom stereocenters. The number of aliphatic hydroxyl groups is 2. The number of fused-ring (bicyclic) bond motifs is 1. The van der Waals surface area contributed by atoms with Crippen LogP contribution in [0.5, 0.6) is 0 Å². The largest absolute Gasteiger partial charge is 0.390 e. The number of carbonyl (C=O) groups excluding carboxylic acids is 2. The second kappa shape index (κ2) is 5.48. The molecule has 0 bridgehead atoms. The lowest BCUT2D eigenvalue weighted by Crippen LogP contribution is -2.23. The zero-order chi connectivity index (χ0) is 14.0. The average Bonchev–Trinajstić information content (AvgIpc) is 2.70. The highest BCUT2D eigenvalue weighted by atomic mass is 16.3. The van der Waals surface area contributed by atoms with E-state index in [0.29, 0.717) is 24.2 Å². The summed E-state index contributed by atoms with van der Waals surface area (Å²) in [6, 6.07) is 4.59. The topological polar surface area (TPSA) is 98.7 Å². The molecule has 0 radical (unpaired) electrons. The minimum absolute atomic E-state index is 0.238. The molecule has 2 rings (SSSR count). The van der Waals surface area contributed by atoms with Gasteiger partial charge in [0.05, 0.1) is 17.4 Å². The van der Waals surface area contributed by atoms with Gasteiger partial charge in [0, 0.05) is 0 Å². The lowest BCUT2D eigenvalue weighted by molar-refractivity contribution is -0.112. The van der Waals surface area contributed by atoms with Gasteiger partial charge >= 0.3 is 0 Å². The van der Waals surface area contributed by atoms with E-state index in [1.807, 2.05) is 0 Å². The van der Waals surface area contributed by atoms with Crippen molar-refractivity contribution >= 4 is 17.4 Å². The maximum absolute atomic E-state index is 11.5. The van der Waals surface area contributed by atoms with E-state index in [0.717, 1.165) is 0 Å². The molecular formula is C13H16N2O4. The molecule has 0 aliphatic carbocycles. The van der Waals surface area contributed by atoms with Gasteiger partial charge < -0.3 is 20.8 Å². The summed E-state index contributed by atoms with van der Waals surface area (Å²) >= 11 is 0. The van der Waals surface area contributed by atoms with E-state index in [1.54, 1.807) is 19.2 Å². The average molecular weight is 264 g/mol. The van der Waals surface area contributed by atoms with Crippen molar-refractivity contribution in [3.05, 3.63) is 29.3 Å². The van der Waals surface area contributed by atoms with Gasteiger partial charge in [-0.25, -0.2) is 0 Å². The van der Waals surface area contributed by atoms with Crippen molar-refractivity contribution in [1.82, 2.24) is 5.32 Å². The number of rotatable bonds is 5. The van der Waals surface area contributed by atoms with Crippen LogP contribution in [-0.2, 0) is 4.79 Å². The smallest absolute Gasteiger partial charge is 0.296 e. The van der Waals surface area contributed by atoms with E-state index >= 15 is 0 Å². The van der Waals surface area contributed by atoms with Crippen LogP contribution in [0.2, 0.25) is 0 Å². The third kappa shape index (κ3) is 2.65. The number of hydrogen-bond acceptors (Lipinski definition) is 5. The lowest BCUT2D eigenvalue weighted by Gasteiger charge is -2.18. The van der Waals surface area contributed by atoms with E-state index in [2.05, 4.69) is 10.6 Å². The van der Waals surface area contributed by atoms with Crippen LogP contribution in [0.1, 0.15) is 28.4 Å². The van der Waals surface area contributed by atoms with Crippen LogP contribution in [0, 0.1) is 0 Å². The monoisotopic (exact) mass is 264 g/mol. The first-order valence-corrected chi connectivity index (χ1v) is 6.05. The molecule has 1 aliphatic rings. The highest BCUT2D eigenvalue weighted by molar-refractivity contribution is 6.51. The molecule has 6 nitrogen and oxygen atoms in total. The number of hydrogen-bond donors (Lipinski definition) is 4. The van der Waals surface area contributed by atoms with Crippen LogP contribution >= 0.6 is 0 Å². The third-order valence-electron chi connectivity index (χ3n) is 3.14. The Hall–Kier alpha value is -1.76. The van der Waals surface area contributed by atoms with E-state index in [9.17, 15) is 19.8 Å². The number of Topliss-reactive ketones (excluding diaryl/α,β-unsaturated/α-hetero) is 1. The van der Waals surface area contributed by atoms with Crippen molar-refractivity contribution in [3.8, 4) is 0 Å². The Morgan fingerprint density at radius 3 is 2.74 bits per heavy atom. The van der Waals surface area contributed by atoms with E-state index < -0.39 is 23.9 Å². The Kier molecular flexibility index (Phi) is 3.94. The number of anilines is 1. The lowest BCUT2D eigenvalue weighted by atomic mass is 9.99. The second-order valence-electron chi connectivity index (χ2n) is 4.49. The van der Waals surface area contributed by atoms with Crippen LogP contribution in [-0.4, -0.2) is 41.6 Å². The van der Waals surface area contributed by atoms with E-state index in [1.165, 1.54) is 6.07 Å². The summed E-state index contributed by atoms with van der Waals surface area (Å²) < 4.78 is 0. The minimum atomic E-state index is -1.08. The van der Waals surface area contributed by atoms with E-state index in [-0.39, 0.29) is 5.56 Å². The Morgan fingerprint density at radius 1 is 1.32 bits per heavy atom. The number of aliphatic hydroxyl groups excluding tert-OH is 2. The maximum Gasteiger partial charge on any atom is 0.296 e. The van der Waals surface area contributed by atoms with Crippen molar-refractivity contribution in [2.45, 2.75) is 18.6 Å². The fourth-order valence-electron chi connectivity index (χ4n) is 2.02. The van der Waals surface area contributed by atoms with Gasteiger partial charge in [-0.15, -0.1) is 0 Å². The molecule has 1 aromatic carbocycles. The number of carbonyl (C=O) groups is 2. The SMILES string of the molecule is CNCCC(O)C(O)c1ccc2c(c1)C(=O)C(=O)N2. The molecule has 0 saturated heterocycles. The zero-order valence-electron chi connectivity index (χ0n) is 10.5. The van der Waals surface area contributed by atoms with Gasteiger partial charge in [0.1, 0.15) is 6.10 Å². The molecule has 102 valence electrons. The highest BCUT2D eigenvalue weighted by Gasteiger charge is 2.29. The fraction of sp³-hybridized carbons (Fsp3) is 0.385. The zero-order valence-corrected chi connectivity index (χ0v) is 10.5. The van der Waals surface area contributed by atoms with Gasteiger partial charge in [0.25, 0.3) is 11.7 Å². The number of benzene rings is 1. The predicted octanol–water partition coefficient (Wildman–Crippen LogP) is -0.175. The Bertz CT molecular complexity index is 515. The quantitative estimate of drug-likeness (QED) is 0.553. The first kappa shape index (κ1) is 13.7. The molecule has 1 aliphatic heterocycles. The van der Waals surface area contributed by atoms with Crippen LogP contribution in [0.4, 0.5) is 5.69 Å². The Morgan fingerprint density at radius 2 is 2.05 bits per heavy atom. The van der Waals surface area contributed by atoms with E-state index in [4.69, 9.17) is 0 Å². The maximum atomic E-state index is 11.5. The van der Waals surface area contributed by atoms with Gasteiger partial charge in [-0.2, -0.15) is 0 Å². The Labute approximate surface area is 110 Å². The summed E-state index contributed by atoms with van der Waals surface area (Å²) in [5, 5.41) is 25.1. The molecule has 19 heavy (non-hydrogen) atoms. The summed E-state index contributed by atoms with van der Waals surface area (Å²) in [6.45, 7) is 0.572. The van der Waals surface area contributed by atoms with Crippen molar-refractivity contribution < 1.29 is 19.8 Å². The summed E-state index contributed by atoms with van der Waals surface area (Å²) in [5.41, 5.74) is 1.10. The van der Waals surface area contributed by atoms with Gasteiger partial charge in [-0.05, 0) is 37.7 Å². The van der Waals surface area contributed by atoms with Crippen molar-refractivity contribution in [1.29, 1.82) is 0 Å². The normalized spacial score (nSPS) is 17.0. The molecule has 4 N–H and O–H groups in total. The predicted molar refractivity (Wildman–Crippen MR) is 68.9 cm³/mol. The first-order valence-electron chi connectivity index (χ1n) is 6.05. The molecule has 0 saturated carbocycles. The number of amides is 1. The van der Waals surface area contributed by atoms with Crippen molar-refractivity contribution in [2.75, 3.05) is 18.9 Å². The number of nitrogens with one attached hydrogen (secondary N) is 2. The third-order valence-corrected chi connectivity index (χ3v) is 3.14. The van der Waals surface area contributed by atoms with Crippen LogP contribution in [0.3, 0.4) is 0 Å². The molecule has 2 atom stereocenters. The molecule has 6 heteroatoms. The van der Waals surface area contributed by atoms with Crippen LogP contribution in [0.15, 0.2) is 18.2 Å². The standard InChI is InChI=1S/C13H16N2O4/c1-14-5-4-10(16)11(17)7-2-3-9-8(6-7)12(18)13(19)15-9/h2-3,6,10-11,14,16-17H,4-5H2,1H3,(H,15,18,19). The molecule has 1 amide bonds. The number of ketones is 1. The van der Waals surface area contributed by atoms with Gasteiger partial charge in [-0.1, -0.05) is 6.07 Å². The fourth-order valence-corrected chi connectivity index (χ4v) is 2.02. The summed E-state index contributed by atoms with van der Waals surface area (Å²) in [7, 11) is 1.75. The molecule has 0 spiro atoms. The highest BCUT2D eigenvalue weighted by Crippen LogP contribution is 2.28. The van der Waals surface area contributed by atoms with Crippen molar-refractivity contribution in [2.24, 2.45) is 0 Å². The van der Waals surface area contributed by atoms with Gasteiger partial charge in [0.2, 0.25) is 0 Å². The molecule has 1 aromatic rings. The summed E-state index contributed by atoms with van der Waals surface area (Å²) in [6.07, 6.45) is -1.62. The first-order chi connectivity index (χ1) is 9.04. The minimum Gasteiger partial charge on any atom is -0.390 e. The molecule has 0 fully saturated rings. The molecule has 1 heterocycles. The second-order valence-corrected chi connectivity index (χ2v) is 4.49. The van der Waals surface area contributed by atoms with Crippen LogP contribution in [0.25, 0.3) is 0 Å². The summed E-state index contributed by atoms with van der Waals surface area (Å²) in [5.74, 6) is -1.29. The van der Waals surface area contributed by atoms with Crippen molar-refractivity contribution in [3.63, 3.8) is 0 Å². The molecular weight excluding hydrogens is 248 g/mol.